The number of halogens is 2. The van der Waals surface area contributed by atoms with Gasteiger partial charge in [0.1, 0.15) is 6.04 Å². The van der Waals surface area contributed by atoms with Crippen molar-refractivity contribution >= 4 is 5.97 Å². The first-order chi connectivity index (χ1) is 7.91. The van der Waals surface area contributed by atoms with E-state index in [1.807, 2.05) is 0 Å². The van der Waals surface area contributed by atoms with Crippen LogP contribution in [0, 0.1) is 0 Å². The predicted molar refractivity (Wildman–Crippen MR) is 59.9 cm³/mol. The Labute approximate surface area is 98.2 Å². The number of aliphatic carboxylic acids is 1. The van der Waals surface area contributed by atoms with Gasteiger partial charge in [0.15, 0.2) is 0 Å². The molecule has 0 aromatic heterocycles. The van der Waals surface area contributed by atoms with Crippen LogP contribution in [0.4, 0.5) is 8.78 Å². The summed E-state index contributed by atoms with van der Waals surface area (Å²) in [7, 11) is 0. The van der Waals surface area contributed by atoms with E-state index < -0.39 is 24.4 Å². The Hall–Kier alpha value is -1.49. The maximum atomic E-state index is 13.5. The van der Waals surface area contributed by atoms with E-state index in [0.717, 1.165) is 0 Å². The fourth-order valence-electron chi connectivity index (χ4n) is 1.47. The SMILES string of the molecule is N[C@@H](CCC(F)(F)Cc1ccccc1)C(=O)O. The van der Waals surface area contributed by atoms with Gasteiger partial charge in [-0.15, -0.1) is 0 Å². The van der Waals surface area contributed by atoms with Gasteiger partial charge in [-0.3, -0.25) is 4.79 Å². The second kappa shape index (κ2) is 5.72. The molecule has 0 unspecified atom stereocenters. The lowest BCUT2D eigenvalue weighted by molar-refractivity contribution is -0.139. The Morgan fingerprint density at radius 1 is 1.35 bits per heavy atom. The van der Waals surface area contributed by atoms with Crippen molar-refractivity contribution in [2.75, 3.05) is 0 Å². The van der Waals surface area contributed by atoms with Crippen molar-refractivity contribution in [3.63, 3.8) is 0 Å². The lowest BCUT2D eigenvalue weighted by atomic mass is 10.0. The summed E-state index contributed by atoms with van der Waals surface area (Å²) in [6.07, 6.45) is -1.13. The molecule has 1 rings (SSSR count). The molecule has 3 nitrogen and oxygen atoms in total. The zero-order chi connectivity index (χ0) is 12.9. The maximum absolute atomic E-state index is 13.5. The molecular formula is C12H15F2NO2. The summed E-state index contributed by atoms with van der Waals surface area (Å²) < 4.78 is 27.0. The van der Waals surface area contributed by atoms with Crippen molar-refractivity contribution in [1.82, 2.24) is 0 Å². The van der Waals surface area contributed by atoms with Crippen molar-refractivity contribution in [1.29, 1.82) is 0 Å². The first kappa shape index (κ1) is 13.6. The average molecular weight is 243 g/mol. The van der Waals surface area contributed by atoms with Gasteiger partial charge < -0.3 is 10.8 Å². The van der Waals surface area contributed by atoms with Crippen molar-refractivity contribution in [2.45, 2.75) is 31.2 Å². The van der Waals surface area contributed by atoms with Crippen molar-refractivity contribution in [2.24, 2.45) is 5.73 Å². The number of alkyl halides is 2. The van der Waals surface area contributed by atoms with Crippen molar-refractivity contribution in [3.8, 4) is 0 Å². The molecule has 1 atom stereocenters. The van der Waals surface area contributed by atoms with Crippen LogP contribution in [0.1, 0.15) is 18.4 Å². The van der Waals surface area contributed by atoms with Crippen LogP contribution in [-0.2, 0) is 11.2 Å². The van der Waals surface area contributed by atoms with E-state index in [4.69, 9.17) is 10.8 Å². The van der Waals surface area contributed by atoms with Crippen LogP contribution < -0.4 is 5.73 Å². The van der Waals surface area contributed by atoms with Gasteiger partial charge in [0.05, 0.1) is 0 Å². The standard InChI is InChI=1S/C12H15F2NO2/c13-12(14,7-6-10(15)11(16)17)8-9-4-2-1-3-5-9/h1-5,10H,6-8,15H2,(H,16,17)/t10-/m0/s1. The molecule has 0 bridgehead atoms. The van der Waals surface area contributed by atoms with E-state index in [2.05, 4.69) is 0 Å². The molecular weight excluding hydrogens is 228 g/mol. The van der Waals surface area contributed by atoms with E-state index in [-0.39, 0.29) is 12.8 Å². The molecule has 0 aliphatic rings. The highest BCUT2D eigenvalue weighted by molar-refractivity contribution is 5.72. The van der Waals surface area contributed by atoms with Crippen LogP contribution in [0.25, 0.3) is 0 Å². The monoisotopic (exact) mass is 243 g/mol. The third-order valence-electron chi connectivity index (χ3n) is 2.44. The van der Waals surface area contributed by atoms with Gasteiger partial charge in [-0.2, -0.15) is 0 Å². The number of hydrogen-bond donors (Lipinski definition) is 2. The molecule has 0 aliphatic carbocycles. The van der Waals surface area contributed by atoms with Crippen molar-refractivity contribution < 1.29 is 18.7 Å². The zero-order valence-corrected chi connectivity index (χ0v) is 9.27. The second-order valence-corrected chi connectivity index (χ2v) is 4.00. The topological polar surface area (TPSA) is 63.3 Å². The molecule has 0 amide bonds. The Bertz CT molecular complexity index is 368. The molecule has 17 heavy (non-hydrogen) atoms. The number of carboxylic acids is 1. The molecule has 0 aliphatic heterocycles. The normalized spacial score (nSPS) is 13.4. The van der Waals surface area contributed by atoms with Crippen molar-refractivity contribution in [3.05, 3.63) is 35.9 Å². The fourth-order valence-corrected chi connectivity index (χ4v) is 1.47. The molecule has 0 heterocycles. The quantitative estimate of drug-likeness (QED) is 0.803. The number of rotatable bonds is 6. The largest absolute Gasteiger partial charge is 0.480 e. The molecule has 1 aromatic carbocycles. The summed E-state index contributed by atoms with van der Waals surface area (Å²) in [5.41, 5.74) is 5.71. The Kier molecular flexibility index (Phi) is 4.57. The summed E-state index contributed by atoms with van der Waals surface area (Å²) in [5, 5.41) is 8.50. The van der Waals surface area contributed by atoms with Gasteiger partial charge >= 0.3 is 5.97 Å². The van der Waals surface area contributed by atoms with Gasteiger partial charge in [0.25, 0.3) is 5.92 Å². The third kappa shape index (κ3) is 4.91. The fraction of sp³-hybridized carbons (Fsp3) is 0.417. The highest BCUT2D eigenvalue weighted by Crippen LogP contribution is 2.25. The van der Waals surface area contributed by atoms with Gasteiger partial charge in [0, 0.05) is 12.8 Å². The summed E-state index contributed by atoms with van der Waals surface area (Å²) in [5.74, 6) is -4.17. The zero-order valence-electron chi connectivity index (χ0n) is 9.27. The lowest BCUT2D eigenvalue weighted by Gasteiger charge is -2.17. The van der Waals surface area contributed by atoms with Crippen LogP contribution in [0.15, 0.2) is 30.3 Å². The Morgan fingerprint density at radius 3 is 2.47 bits per heavy atom. The number of carbonyl (C=O) groups is 1. The van der Waals surface area contributed by atoms with E-state index >= 15 is 0 Å². The first-order valence-corrected chi connectivity index (χ1v) is 5.31. The van der Waals surface area contributed by atoms with Crippen LogP contribution in [-0.4, -0.2) is 23.0 Å². The second-order valence-electron chi connectivity index (χ2n) is 4.00. The van der Waals surface area contributed by atoms with E-state index in [0.29, 0.717) is 5.56 Å². The third-order valence-corrected chi connectivity index (χ3v) is 2.44. The average Bonchev–Trinajstić information content (AvgIpc) is 2.26. The maximum Gasteiger partial charge on any atom is 0.320 e. The minimum absolute atomic E-state index is 0.227. The van der Waals surface area contributed by atoms with E-state index in [1.54, 1.807) is 30.3 Å². The minimum Gasteiger partial charge on any atom is -0.480 e. The molecule has 5 heteroatoms. The number of benzene rings is 1. The Morgan fingerprint density at radius 2 is 1.94 bits per heavy atom. The van der Waals surface area contributed by atoms with Crippen LogP contribution in [0.2, 0.25) is 0 Å². The highest BCUT2D eigenvalue weighted by Gasteiger charge is 2.30. The van der Waals surface area contributed by atoms with E-state index in [9.17, 15) is 13.6 Å². The minimum atomic E-state index is -2.92. The smallest absolute Gasteiger partial charge is 0.320 e. The Balaban J connectivity index is 2.49. The van der Waals surface area contributed by atoms with Gasteiger partial charge in [-0.05, 0) is 12.0 Å². The highest BCUT2D eigenvalue weighted by atomic mass is 19.3. The predicted octanol–water partition coefficient (Wildman–Crippen LogP) is 2.06. The van der Waals surface area contributed by atoms with Gasteiger partial charge in [-0.1, -0.05) is 30.3 Å². The molecule has 0 saturated heterocycles. The summed E-state index contributed by atoms with van der Waals surface area (Å²) in [4.78, 5) is 10.4. The number of nitrogens with two attached hydrogens (primary N) is 1. The van der Waals surface area contributed by atoms with E-state index in [1.165, 1.54) is 0 Å². The molecule has 0 fully saturated rings. The summed E-state index contributed by atoms with van der Waals surface area (Å²) >= 11 is 0. The van der Waals surface area contributed by atoms with Crippen LogP contribution in [0.5, 0.6) is 0 Å². The molecule has 1 aromatic rings. The van der Waals surface area contributed by atoms with Crippen LogP contribution in [0.3, 0.4) is 0 Å². The molecule has 0 spiro atoms. The molecule has 0 saturated carbocycles. The molecule has 3 N–H and O–H groups in total. The molecule has 94 valence electrons. The van der Waals surface area contributed by atoms with Crippen LogP contribution >= 0.6 is 0 Å². The first-order valence-electron chi connectivity index (χ1n) is 5.31. The number of carboxylic acid groups (broad SMARTS) is 1. The lowest BCUT2D eigenvalue weighted by Crippen LogP contribution is -2.32. The van der Waals surface area contributed by atoms with Gasteiger partial charge in [-0.25, -0.2) is 8.78 Å². The molecule has 0 radical (unpaired) electrons. The number of hydrogen-bond acceptors (Lipinski definition) is 2. The summed E-state index contributed by atoms with van der Waals surface area (Å²) in [6.45, 7) is 0. The summed E-state index contributed by atoms with van der Waals surface area (Å²) in [6, 6.07) is 7.14. The van der Waals surface area contributed by atoms with Gasteiger partial charge in [0.2, 0.25) is 0 Å².